The monoisotopic (exact) mass is 316 g/mol. The lowest BCUT2D eigenvalue weighted by atomic mass is 9.95. The minimum Gasteiger partial charge on any atom is -0.507 e. The Morgan fingerprint density at radius 2 is 1.84 bits per heavy atom. The van der Waals surface area contributed by atoms with Gasteiger partial charge in [0.1, 0.15) is 5.75 Å². The first-order chi connectivity index (χ1) is 9.11. The minimum absolute atomic E-state index is 0.309. The van der Waals surface area contributed by atoms with Gasteiger partial charge in [-0.3, -0.25) is 0 Å². The van der Waals surface area contributed by atoms with E-state index in [2.05, 4.69) is 60.1 Å². The van der Waals surface area contributed by atoms with Gasteiger partial charge in [-0.15, -0.1) is 0 Å². The molecule has 0 radical (unpaired) electrons. The molecule has 0 saturated carbocycles. The van der Waals surface area contributed by atoms with E-state index in [4.69, 9.17) is 0 Å². The second-order valence-electron chi connectivity index (χ2n) is 4.55. The summed E-state index contributed by atoms with van der Waals surface area (Å²) in [7, 11) is 0. The third-order valence-electron chi connectivity index (χ3n) is 3.02. The van der Waals surface area contributed by atoms with Gasteiger partial charge in [0.25, 0.3) is 0 Å². The van der Waals surface area contributed by atoms with Gasteiger partial charge in [0.2, 0.25) is 0 Å². The topological polar surface area (TPSA) is 20.2 Å². The summed E-state index contributed by atoms with van der Waals surface area (Å²) in [4.78, 5) is 0. The number of halogens is 1. The molecular weight excluding hydrogens is 300 g/mol. The van der Waals surface area contributed by atoms with E-state index in [1.807, 2.05) is 12.1 Å². The Labute approximate surface area is 122 Å². The summed E-state index contributed by atoms with van der Waals surface area (Å²) < 4.78 is 0.967. The van der Waals surface area contributed by atoms with Gasteiger partial charge in [0.15, 0.2) is 0 Å². The van der Waals surface area contributed by atoms with Crippen molar-refractivity contribution < 1.29 is 5.11 Å². The molecule has 0 bridgehead atoms. The highest BCUT2D eigenvalue weighted by Crippen LogP contribution is 2.33. The molecular formula is C17H17BrO. The number of benzene rings is 2. The van der Waals surface area contributed by atoms with Crippen LogP contribution < -0.4 is 0 Å². The Morgan fingerprint density at radius 1 is 1.16 bits per heavy atom. The van der Waals surface area contributed by atoms with Crippen molar-refractivity contribution in [3.63, 3.8) is 0 Å². The summed E-state index contributed by atoms with van der Waals surface area (Å²) in [5.74, 6) is 0.309. The highest BCUT2D eigenvalue weighted by Gasteiger charge is 2.09. The predicted octanol–water partition coefficient (Wildman–Crippen LogP) is 5.30. The van der Waals surface area contributed by atoms with Crippen molar-refractivity contribution in [2.45, 2.75) is 20.3 Å². The molecule has 0 fully saturated rings. The molecule has 0 amide bonds. The van der Waals surface area contributed by atoms with Crippen molar-refractivity contribution >= 4 is 21.5 Å². The van der Waals surface area contributed by atoms with Crippen LogP contribution in [0.5, 0.6) is 5.75 Å². The van der Waals surface area contributed by atoms with Crippen molar-refractivity contribution in [1.29, 1.82) is 0 Å². The van der Waals surface area contributed by atoms with Crippen molar-refractivity contribution in [3.05, 3.63) is 69.7 Å². The first-order valence-corrected chi connectivity index (χ1v) is 7.17. The number of allylic oxidation sites excluding steroid dienone is 1. The van der Waals surface area contributed by atoms with E-state index in [-0.39, 0.29) is 0 Å². The van der Waals surface area contributed by atoms with Gasteiger partial charge in [0.05, 0.1) is 0 Å². The Kier molecular flexibility index (Phi) is 4.43. The van der Waals surface area contributed by atoms with E-state index in [9.17, 15) is 5.11 Å². The first-order valence-electron chi connectivity index (χ1n) is 6.38. The van der Waals surface area contributed by atoms with Crippen LogP contribution in [0.4, 0.5) is 0 Å². The summed E-state index contributed by atoms with van der Waals surface area (Å²) in [5.41, 5.74) is 4.29. The Morgan fingerprint density at radius 3 is 2.47 bits per heavy atom. The van der Waals surface area contributed by atoms with Crippen LogP contribution in [0.15, 0.2) is 53.0 Å². The molecule has 1 N–H and O–H groups in total. The van der Waals surface area contributed by atoms with Gasteiger partial charge in [-0.05, 0) is 42.7 Å². The molecule has 0 saturated heterocycles. The Bertz CT molecular complexity index is 597. The number of aryl methyl sites for hydroxylation is 1. The van der Waals surface area contributed by atoms with E-state index in [0.29, 0.717) is 5.75 Å². The molecule has 0 aliphatic heterocycles. The number of rotatable bonds is 3. The number of aromatic hydroxyl groups is 1. The largest absolute Gasteiger partial charge is 0.507 e. The standard InChI is InChI=1S/C17H17BrO/c1-3-4-15(13-7-5-12(2)6-8-13)16-11-14(18)9-10-17(16)19/h4-11,19H,3H2,1-2H3/b15-4+. The zero-order valence-corrected chi connectivity index (χ0v) is 12.7. The number of hydrogen-bond donors (Lipinski definition) is 1. The van der Waals surface area contributed by atoms with E-state index >= 15 is 0 Å². The van der Waals surface area contributed by atoms with Crippen LogP contribution in [0.3, 0.4) is 0 Å². The highest BCUT2D eigenvalue weighted by atomic mass is 79.9. The lowest BCUT2D eigenvalue weighted by Gasteiger charge is -2.11. The molecule has 0 aromatic heterocycles. The van der Waals surface area contributed by atoms with Crippen LogP contribution in [-0.4, -0.2) is 5.11 Å². The number of hydrogen-bond acceptors (Lipinski definition) is 1. The normalized spacial score (nSPS) is 11.6. The van der Waals surface area contributed by atoms with Gasteiger partial charge >= 0.3 is 0 Å². The third-order valence-corrected chi connectivity index (χ3v) is 3.51. The summed E-state index contributed by atoms with van der Waals surface area (Å²) in [6.45, 7) is 4.17. The van der Waals surface area contributed by atoms with E-state index in [0.717, 1.165) is 27.6 Å². The summed E-state index contributed by atoms with van der Waals surface area (Å²) in [5, 5.41) is 10.1. The average molecular weight is 317 g/mol. The predicted molar refractivity (Wildman–Crippen MR) is 84.4 cm³/mol. The molecule has 0 heterocycles. The second-order valence-corrected chi connectivity index (χ2v) is 5.47. The van der Waals surface area contributed by atoms with Gasteiger partial charge in [-0.1, -0.05) is 58.8 Å². The summed E-state index contributed by atoms with van der Waals surface area (Å²) in [6.07, 6.45) is 3.07. The van der Waals surface area contributed by atoms with Crippen molar-refractivity contribution in [2.75, 3.05) is 0 Å². The molecule has 19 heavy (non-hydrogen) atoms. The van der Waals surface area contributed by atoms with Crippen LogP contribution in [0.2, 0.25) is 0 Å². The maximum Gasteiger partial charge on any atom is 0.123 e. The molecule has 2 heteroatoms. The van der Waals surface area contributed by atoms with Crippen LogP contribution in [0.1, 0.15) is 30.0 Å². The molecule has 98 valence electrons. The maximum atomic E-state index is 10.1. The Hall–Kier alpha value is -1.54. The van der Waals surface area contributed by atoms with Crippen LogP contribution in [0, 0.1) is 6.92 Å². The van der Waals surface area contributed by atoms with E-state index in [1.54, 1.807) is 6.07 Å². The molecule has 0 spiro atoms. The maximum absolute atomic E-state index is 10.1. The van der Waals surface area contributed by atoms with Crippen LogP contribution in [-0.2, 0) is 0 Å². The van der Waals surface area contributed by atoms with E-state index < -0.39 is 0 Å². The summed E-state index contributed by atoms with van der Waals surface area (Å²) >= 11 is 3.46. The Balaban J connectivity index is 2.55. The quantitative estimate of drug-likeness (QED) is 0.814. The smallest absolute Gasteiger partial charge is 0.123 e. The molecule has 0 unspecified atom stereocenters. The van der Waals surface area contributed by atoms with Gasteiger partial charge in [-0.25, -0.2) is 0 Å². The lowest BCUT2D eigenvalue weighted by Crippen LogP contribution is -1.90. The van der Waals surface area contributed by atoms with Crippen LogP contribution >= 0.6 is 15.9 Å². The van der Waals surface area contributed by atoms with Crippen LogP contribution in [0.25, 0.3) is 5.57 Å². The molecule has 0 aliphatic rings. The van der Waals surface area contributed by atoms with Gasteiger partial charge in [0, 0.05) is 10.0 Å². The zero-order valence-electron chi connectivity index (χ0n) is 11.2. The molecule has 0 atom stereocenters. The molecule has 0 aliphatic carbocycles. The zero-order chi connectivity index (χ0) is 13.8. The minimum atomic E-state index is 0.309. The van der Waals surface area contributed by atoms with Gasteiger partial charge in [-0.2, -0.15) is 0 Å². The molecule has 2 aromatic carbocycles. The van der Waals surface area contributed by atoms with Crippen molar-refractivity contribution in [3.8, 4) is 5.75 Å². The average Bonchev–Trinajstić information content (AvgIpc) is 2.40. The fourth-order valence-corrected chi connectivity index (χ4v) is 2.41. The van der Waals surface area contributed by atoms with Crippen molar-refractivity contribution in [2.24, 2.45) is 0 Å². The molecule has 2 rings (SSSR count). The fraction of sp³-hybridized carbons (Fsp3) is 0.176. The fourth-order valence-electron chi connectivity index (χ4n) is 2.04. The van der Waals surface area contributed by atoms with Crippen molar-refractivity contribution in [1.82, 2.24) is 0 Å². The van der Waals surface area contributed by atoms with E-state index in [1.165, 1.54) is 5.56 Å². The molecule has 1 nitrogen and oxygen atoms in total. The second kappa shape index (κ2) is 6.07. The lowest BCUT2D eigenvalue weighted by molar-refractivity contribution is 0.473. The van der Waals surface area contributed by atoms with Gasteiger partial charge < -0.3 is 5.11 Å². The first kappa shape index (κ1) is 13.9. The SMILES string of the molecule is CC/C=C(\c1ccc(C)cc1)c1cc(Br)ccc1O. The number of phenols is 1. The summed E-state index contributed by atoms with van der Waals surface area (Å²) in [6, 6.07) is 13.9. The molecule has 2 aromatic rings. The highest BCUT2D eigenvalue weighted by molar-refractivity contribution is 9.10. The number of phenolic OH excluding ortho intramolecular Hbond substituents is 1. The third kappa shape index (κ3) is 3.27.